The van der Waals surface area contributed by atoms with Crippen LogP contribution >= 0.6 is 11.6 Å². The van der Waals surface area contributed by atoms with E-state index in [1.54, 1.807) is 0 Å². The van der Waals surface area contributed by atoms with Gasteiger partial charge in [0.1, 0.15) is 5.56 Å². The Labute approximate surface area is 97.5 Å². The first-order valence-electron chi connectivity index (χ1n) is 5.24. The molecule has 0 bridgehead atoms. The van der Waals surface area contributed by atoms with Crippen molar-refractivity contribution < 1.29 is 9.90 Å². The Bertz CT molecular complexity index is 475. The van der Waals surface area contributed by atoms with Gasteiger partial charge in [-0.25, -0.2) is 4.79 Å². The van der Waals surface area contributed by atoms with Gasteiger partial charge < -0.3 is 9.67 Å². The molecule has 5 heteroatoms. The first-order valence-corrected chi connectivity index (χ1v) is 5.62. The van der Waals surface area contributed by atoms with Crippen molar-refractivity contribution >= 4 is 17.6 Å². The fourth-order valence-corrected chi connectivity index (χ4v) is 2.39. The number of carbonyl (C=O) groups is 1. The Kier molecular flexibility index (Phi) is 3.01. The van der Waals surface area contributed by atoms with Gasteiger partial charge in [0, 0.05) is 12.2 Å². The van der Waals surface area contributed by atoms with Gasteiger partial charge in [0.2, 0.25) is 0 Å². The van der Waals surface area contributed by atoms with E-state index in [1.807, 2.05) is 0 Å². The van der Waals surface area contributed by atoms with Gasteiger partial charge in [0.15, 0.2) is 0 Å². The van der Waals surface area contributed by atoms with E-state index in [9.17, 15) is 9.59 Å². The molecule has 0 aliphatic heterocycles. The highest BCUT2D eigenvalue weighted by molar-refractivity contribution is 6.30. The monoisotopic (exact) mass is 241 g/mol. The van der Waals surface area contributed by atoms with Crippen LogP contribution in [0.4, 0.5) is 0 Å². The summed E-state index contributed by atoms with van der Waals surface area (Å²) in [6.07, 6.45) is 5.52. The molecule has 2 rings (SSSR count). The van der Waals surface area contributed by atoms with Gasteiger partial charge in [-0.2, -0.15) is 0 Å². The predicted octanol–water partition coefficient (Wildman–Crippen LogP) is 2.32. The molecule has 1 aliphatic carbocycles. The molecule has 0 unspecified atom stereocenters. The number of halogens is 1. The third-order valence-corrected chi connectivity index (χ3v) is 3.16. The minimum absolute atomic E-state index is 0.101. The van der Waals surface area contributed by atoms with E-state index in [0.29, 0.717) is 5.02 Å². The van der Waals surface area contributed by atoms with Gasteiger partial charge in [-0.05, 0) is 18.9 Å². The quantitative estimate of drug-likeness (QED) is 0.864. The van der Waals surface area contributed by atoms with E-state index >= 15 is 0 Å². The first-order chi connectivity index (χ1) is 7.59. The third kappa shape index (κ3) is 1.97. The van der Waals surface area contributed by atoms with Crippen molar-refractivity contribution in [3.8, 4) is 0 Å². The second-order valence-corrected chi connectivity index (χ2v) is 4.46. The Morgan fingerprint density at radius 3 is 2.62 bits per heavy atom. The molecule has 0 aromatic carbocycles. The minimum Gasteiger partial charge on any atom is -0.477 e. The average Bonchev–Trinajstić information content (AvgIpc) is 2.73. The van der Waals surface area contributed by atoms with Crippen molar-refractivity contribution in [2.75, 3.05) is 0 Å². The van der Waals surface area contributed by atoms with Gasteiger partial charge in [0.25, 0.3) is 5.56 Å². The molecular formula is C11H12ClNO3. The molecule has 1 N–H and O–H groups in total. The van der Waals surface area contributed by atoms with Crippen LogP contribution in [0.15, 0.2) is 17.1 Å². The van der Waals surface area contributed by atoms with Crippen molar-refractivity contribution in [1.29, 1.82) is 0 Å². The molecule has 86 valence electrons. The summed E-state index contributed by atoms with van der Waals surface area (Å²) in [5.41, 5.74) is -0.705. The van der Waals surface area contributed by atoms with Crippen molar-refractivity contribution in [2.24, 2.45) is 0 Å². The van der Waals surface area contributed by atoms with E-state index in [1.165, 1.54) is 16.8 Å². The topological polar surface area (TPSA) is 59.3 Å². The van der Waals surface area contributed by atoms with E-state index in [-0.39, 0.29) is 11.6 Å². The number of hydrogen-bond acceptors (Lipinski definition) is 2. The second-order valence-electron chi connectivity index (χ2n) is 4.03. The maximum atomic E-state index is 11.9. The van der Waals surface area contributed by atoms with Gasteiger partial charge in [-0.3, -0.25) is 4.79 Å². The molecule has 16 heavy (non-hydrogen) atoms. The van der Waals surface area contributed by atoms with E-state index in [4.69, 9.17) is 16.7 Å². The normalized spacial score (nSPS) is 16.6. The molecule has 0 saturated heterocycles. The van der Waals surface area contributed by atoms with E-state index in [0.717, 1.165) is 25.7 Å². The smallest absolute Gasteiger partial charge is 0.341 e. The van der Waals surface area contributed by atoms with Crippen molar-refractivity contribution in [3.63, 3.8) is 0 Å². The summed E-state index contributed by atoms with van der Waals surface area (Å²) in [6, 6.07) is 1.31. The molecule has 1 heterocycles. The SMILES string of the molecule is O=C(O)c1cc(Cl)cn(C2CCCC2)c1=O. The molecule has 1 aromatic heterocycles. The van der Waals surface area contributed by atoms with Gasteiger partial charge in [0.05, 0.1) is 5.02 Å². The minimum atomic E-state index is -1.22. The predicted molar refractivity (Wildman–Crippen MR) is 60.2 cm³/mol. The molecule has 1 saturated carbocycles. The molecule has 0 amide bonds. The van der Waals surface area contributed by atoms with Crippen LogP contribution in [0.25, 0.3) is 0 Å². The summed E-state index contributed by atoms with van der Waals surface area (Å²) in [5.74, 6) is -1.22. The van der Waals surface area contributed by atoms with Crippen molar-refractivity contribution in [1.82, 2.24) is 4.57 Å². The maximum absolute atomic E-state index is 11.9. The number of carboxylic acid groups (broad SMARTS) is 1. The number of aromatic nitrogens is 1. The van der Waals surface area contributed by atoms with Crippen LogP contribution in [0.2, 0.25) is 5.02 Å². The Morgan fingerprint density at radius 1 is 1.44 bits per heavy atom. The Morgan fingerprint density at radius 2 is 2.06 bits per heavy atom. The van der Waals surface area contributed by atoms with Crippen LogP contribution in [-0.2, 0) is 0 Å². The molecule has 0 radical (unpaired) electrons. The zero-order valence-corrected chi connectivity index (χ0v) is 9.41. The van der Waals surface area contributed by atoms with E-state index in [2.05, 4.69) is 0 Å². The van der Waals surface area contributed by atoms with Crippen molar-refractivity contribution in [3.05, 3.63) is 33.2 Å². The van der Waals surface area contributed by atoms with Crippen LogP contribution in [0.3, 0.4) is 0 Å². The van der Waals surface area contributed by atoms with Crippen LogP contribution in [0.5, 0.6) is 0 Å². The lowest BCUT2D eigenvalue weighted by atomic mass is 10.2. The maximum Gasteiger partial charge on any atom is 0.341 e. The summed E-state index contributed by atoms with van der Waals surface area (Å²) < 4.78 is 1.47. The number of pyridine rings is 1. The van der Waals surface area contributed by atoms with Crippen molar-refractivity contribution in [2.45, 2.75) is 31.7 Å². The molecular weight excluding hydrogens is 230 g/mol. The fraction of sp³-hybridized carbons (Fsp3) is 0.455. The number of rotatable bonds is 2. The highest BCUT2D eigenvalue weighted by Crippen LogP contribution is 2.28. The lowest BCUT2D eigenvalue weighted by Gasteiger charge is -2.14. The highest BCUT2D eigenvalue weighted by Gasteiger charge is 2.21. The van der Waals surface area contributed by atoms with Gasteiger partial charge in [-0.1, -0.05) is 24.4 Å². The standard InChI is InChI=1S/C11H12ClNO3/c12-7-5-9(11(15)16)10(14)13(6-7)8-3-1-2-4-8/h5-6,8H,1-4H2,(H,15,16). The lowest BCUT2D eigenvalue weighted by molar-refractivity contribution is 0.0694. The molecule has 1 aliphatic rings. The zero-order chi connectivity index (χ0) is 11.7. The Hall–Kier alpha value is -1.29. The average molecular weight is 242 g/mol. The van der Waals surface area contributed by atoms with Crippen LogP contribution < -0.4 is 5.56 Å². The number of carboxylic acids is 1. The van der Waals surface area contributed by atoms with Crippen LogP contribution in [-0.4, -0.2) is 15.6 Å². The zero-order valence-electron chi connectivity index (χ0n) is 8.65. The molecule has 0 spiro atoms. The summed E-state index contributed by atoms with van der Waals surface area (Å²) in [7, 11) is 0. The number of hydrogen-bond donors (Lipinski definition) is 1. The van der Waals surface area contributed by atoms with Gasteiger partial charge in [-0.15, -0.1) is 0 Å². The fourth-order valence-electron chi connectivity index (χ4n) is 2.17. The first kappa shape index (κ1) is 11.2. The summed E-state index contributed by atoms with van der Waals surface area (Å²) in [5, 5.41) is 9.18. The third-order valence-electron chi connectivity index (χ3n) is 2.96. The summed E-state index contributed by atoms with van der Waals surface area (Å²) in [4.78, 5) is 22.7. The molecule has 0 atom stereocenters. The summed E-state index contributed by atoms with van der Waals surface area (Å²) >= 11 is 5.82. The molecule has 1 fully saturated rings. The highest BCUT2D eigenvalue weighted by atomic mass is 35.5. The van der Waals surface area contributed by atoms with Gasteiger partial charge >= 0.3 is 5.97 Å². The second kappa shape index (κ2) is 4.29. The largest absolute Gasteiger partial charge is 0.477 e. The van der Waals surface area contributed by atoms with Crippen LogP contribution in [0.1, 0.15) is 42.1 Å². The van der Waals surface area contributed by atoms with E-state index < -0.39 is 11.5 Å². The lowest BCUT2D eigenvalue weighted by Crippen LogP contribution is -2.28. The van der Waals surface area contributed by atoms with Crippen LogP contribution in [0, 0.1) is 0 Å². The number of nitrogens with zero attached hydrogens (tertiary/aromatic N) is 1. The molecule has 1 aromatic rings. The molecule has 4 nitrogen and oxygen atoms in total. The number of aromatic carboxylic acids is 1. The summed E-state index contributed by atoms with van der Waals surface area (Å²) in [6.45, 7) is 0. The Balaban J connectivity index is 2.52.